The standard InChI is InChI=1S/C49H31N3O/c1-3-13-32(14-4-1)36-19-11-20-38(29-36)47-50-48(39-26-25-34-17-7-8-18-35(34)30-39)52-49(51-47)42-22-10-9-21-40(42)41-23-12-24-45-46(41)43-31-37(27-28-44(43)53-45)33-15-5-2-6-16-33/h1-31H. The van der Waals surface area contributed by atoms with Crippen molar-refractivity contribution in [1.29, 1.82) is 0 Å². The maximum atomic E-state index is 6.45. The molecule has 4 heteroatoms. The summed E-state index contributed by atoms with van der Waals surface area (Å²) >= 11 is 0. The fourth-order valence-electron chi connectivity index (χ4n) is 7.33. The number of hydrogen-bond donors (Lipinski definition) is 0. The van der Waals surface area contributed by atoms with Gasteiger partial charge in [-0.1, -0.05) is 158 Å². The summed E-state index contributed by atoms with van der Waals surface area (Å²) in [5.41, 5.74) is 11.1. The summed E-state index contributed by atoms with van der Waals surface area (Å²) in [6, 6.07) is 65.1. The SMILES string of the molecule is c1ccc(-c2cccc(-c3nc(-c4ccc5ccccc5c4)nc(-c4ccccc4-c4cccc5oc6ccc(-c7ccccc7)cc6c45)n3)c2)cc1. The summed E-state index contributed by atoms with van der Waals surface area (Å²) in [6.45, 7) is 0. The van der Waals surface area contributed by atoms with Crippen molar-refractivity contribution in [1.82, 2.24) is 15.0 Å². The molecule has 0 fully saturated rings. The van der Waals surface area contributed by atoms with Crippen LogP contribution in [0.3, 0.4) is 0 Å². The number of fused-ring (bicyclic) bond motifs is 4. The molecule has 0 aliphatic carbocycles. The van der Waals surface area contributed by atoms with Gasteiger partial charge in [0, 0.05) is 27.5 Å². The van der Waals surface area contributed by atoms with E-state index in [-0.39, 0.29) is 0 Å². The predicted molar refractivity (Wildman–Crippen MR) is 217 cm³/mol. The molecule has 0 spiro atoms. The summed E-state index contributed by atoms with van der Waals surface area (Å²) in [6.07, 6.45) is 0. The molecule has 2 heterocycles. The highest BCUT2D eigenvalue weighted by molar-refractivity contribution is 6.14. The monoisotopic (exact) mass is 677 g/mol. The fraction of sp³-hybridized carbons (Fsp3) is 0. The minimum Gasteiger partial charge on any atom is -0.456 e. The van der Waals surface area contributed by atoms with Crippen LogP contribution in [-0.2, 0) is 0 Å². The molecule has 0 N–H and O–H groups in total. The van der Waals surface area contributed by atoms with Crippen LogP contribution in [0.2, 0.25) is 0 Å². The quantitative estimate of drug-likeness (QED) is 0.176. The molecule has 2 aromatic heterocycles. The first-order valence-electron chi connectivity index (χ1n) is 17.8. The van der Waals surface area contributed by atoms with E-state index in [2.05, 4.69) is 170 Å². The van der Waals surface area contributed by atoms with E-state index in [0.29, 0.717) is 17.5 Å². The smallest absolute Gasteiger partial charge is 0.164 e. The zero-order chi connectivity index (χ0) is 35.1. The van der Waals surface area contributed by atoms with E-state index >= 15 is 0 Å². The molecule has 53 heavy (non-hydrogen) atoms. The Labute approximate surface area is 306 Å². The Balaban J connectivity index is 1.18. The van der Waals surface area contributed by atoms with Crippen LogP contribution >= 0.6 is 0 Å². The van der Waals surface area contributed by atoms with Crippen molar-refractivity contribution in [2.45, 2.75) is 0 Å². The molecule has 4 nitrogen and oxygen atoms in total. The van der Waals surface area contributed by atoms with E-state index in [0.717, 1.165) is 77.4 Å². The van der Waals surface area contributed by atoms with Gasteiger partial charge in [0.15, 0.2) is 17.5 Å². The number of aromatic nitrogens is 3. The van der Waals surface area contributed by atoms with Gasteiger partial charge in [0.25, 0.3) is 0 Å². The zero-order valence-corrected chi connectivity index (χ0v) is 28.6. The minimum absolute atomic E-state index is 0.605. The van der Waals surface area contributed by atoms with Crippen molar-refractivity contribution in [2.24, 2.45) is 0 Å². The first-order chi connectivity index (χ1) is 26.2. The number of nitrogens with zero attached hydrogens (tertiary/aromatic N) is 3. The van der Waals surface area contributed by atoms with Crippen LogP contribution in [0.1, 0.15) is 0 Å². The normalized spacial score (nSPS) is 11.4. The molecular weight excluding hydrogens is 647 g/mol. The Hall–Kier alpha value is -7.17. The highest BCUT2D eigenvalue weighted by atomic mass is 16.3. The van der Waals surface area contributed by atoms with Gasteiger partial charge in [0.2, 0.25) is 0 Å². The van der Waals surface area contributed by atoms with Crippen molar-refractivity contribution in [3.8, 4) is 67.5 Å². The third-order valence-corrected chi connectivity index (χ3v) is 9.93. The Kier molecular flexibility index (Phi) is 7.43. The third-order valence-electron chi connectivity index (χ3n) is 9.93. The Morgan fingerprint density at radius 3 is 1.62 bits per heavy atom. The van der Waals surface area contributed by atoms with Crippen molar-refractivity contribution < 1.29 is 4.42 Å². The molecule has 0 aliphatic heterocycles. The van der Waals surface area contributed by atoms with Gasteiger partial charge in [-0.2, -0.15) is 0 Å². The second-order valence-electron chi connectivity index (χ2n) is 13.2. The first-order valence-corrected chi connectivity index (χ1v) is 17.8. The summed E-state index contributed by atoms with van der Waals surface area (Å²) in [5.74, 6) is 1.84. The largest absolute Gasteiger partial charge is 0.456 e. The minimum atomic E-state index is 0.605. The molecular formula is C49H31N3O. The second-order valence-corrected chi connectivity index (χ2v) is 13.2. The Bertz CT molecular complexity index is 2950. The first kappa shape index (κ1) is 30.6. The van der Waals surface area contributed by atoms with Crippen LogP contribution in [0, 0.1) is 0 Å². The number of rotatable bonds is 6. The van der Waals surface area contributed by atoms with Crippen LogP contribution in [-0.4, -0.2) is 15.0 Å². The molecule has 0 amide bonds. The fourth-order valence-corrected chi connectivity index (χ4v) is 7.33. The van der Waals surface area contributed by atoms with Gasteiger partial charge in [-0.15, -0.1) is 0 Å². The summed E-state index contributed by atoms with van der Waals surface area (Å²) in [4.78, 5) is 15.6. The van der Waals surface area contributed by atoms with E-state index in [4.69, 9.17) is 19.4 Å². The molecule has 248 valence electrons. The molecule has 8 aromatic carbocycles. The topological polar surface area (TPSA) is 51.8 Å². The molecule has 0 radical (unpaired) electrons. The second kappa shape index (κ2) is 12.9. The van der Waals surface area contributed by atoms with Crippen molar-refractivity contribution in [3.63, 3.8) is 0 Å². The maximum absolute atomic E-state index is 6.45. The average molecular weight is 678 g/mol. The van der Waals surface area contributed by atoms with Crippen LogP contribution in [0.25, 0.3) is 100 Å². The molecule has 0 bridgehead atoms. The number of hydrogen-bond acceptors (Lipinski definition) is 4. The average Bonchev–Trinajstić information content (AvgIpc) is 3.62. The number of furan rings is 1. The highest BCUT2D eigenvalue weighted by Crippen LogP contribution is 2.41. The maximum Gasteiger partial charge on any atom is 0.164 e. The lowest BCUT2D eigenvalue weighted by atomic mass is 9.94. The summed E-state index contributed by atoms with van der Waals surface area (Å²) in [5, 5.41) is 4.43. The van der Waals surface area contributed by atoms with Crippen molar-refractivity contribution in [3.05, 3.63) is 188 Å². The van der Waals surface area contributed by atoms with Gasteiger partial charge in [0.1, 0.15) is 11.2 Å². The van der Waals surface area contributed by atoms with Gasteiger partial charge in [-0.05, 0) is 74.5 Å². The van der Waals surface area contributed by atoms with Crippen molar-refractivity contribution >= 4 is 32.7 Å². The van der Waals surface area contributed by atoms with E-state index < -0.39 is 0 Å². The molecule has 10 rings (SSSR count). The molecule has 0 saturated carbocycles. The van der Waals surface area contributed by atoms with Gasteiger partial charge < -0.3 is 4.42 Å². The lowest BCUT2D eigenvalue weighted by molar-refractivity contribution is 0.669. The lowest BCUT2D eigenvalue weighted by Gasteiger charge is -2.13. The van der Waals surface area contributed by atoms with E-state index in [1.807, 2.05) is 18.2 Å². The van der Waals surface area contributed by atoms with E-state index in [9.17, 15) is 0 Å². The van der Waals surface area contributed by atoms with E-state index in [1.54, 1.807) is 0 Å². The van der Waals surface area contributed by atoms with Crippen molar-refractivity contribution in [2.75, 3.05) is 0 Å². The molecule has 0 atom stereocenters. The highest BCUT2D eigenvalue weighted by Gasteiger charge is 2.20. The molecule has 0 unspecified atom stereocenters. The Morgan fingerprint density at radius 1 is 0.302 bits per heavy atom. The van der Waals surface area contributed by atoms with Crippen LogP contribution in [0.5, 0.6) is 0 Å². The lowest BCUT2D eigenvalue weighted by Crippen LogP contribution is -2.01. The van der Waals surface area contributed by atoms with Crippen LogP contribution in [0.4, 0.5) is 0 Å². The summed E-state index contributed by atoms with van der Waals surface area (Å²) in [7, 11) is 0. The number of benzene rings is 8. The third kappa shape index (κ3) is 5.63. The molecule has 0 saturated heterocycles. The van der Waals surface area contributed by atoms with Gasteiger partial charge in [-0.25, -0.2) is 15.0 Å². The van der Waals surface area contributed by atoms with Gasteiger partial charge in [-0.3, -0.25) is 0 Å². The van der Waals surface area contributed by atoms with Crippen LogP contribution in [0.15, 0.2) is 192 Å². The van der Waals surface area contributed by atoms with Gasteiger partial charge >= 0.3 is 0 Å². The van der Waals surface area contributed by atoms with Gasteiger partial charge in [0.05, 0.1) is 0 Å². The Morgan fingerprint density at radius 2 is 0.849 bits per heavy atom. The molecule has 0 aliphatic rings. The predicted octanol–water partition coefficient (Wildman–Crippen LogP) is 12.9. The summed E-state index contributed by atoms with van der Waals surface area (Å²) < 4.78 is 6.45. The van der Waals surface area contributed by atoms with Crippen LogP contribution < -0.4 is 0 Å². The zero-order valence-electron chi connectivity index (χ0n) is 28.6. The van der Waals surface area contributed by atoms with E-state index in [1.165, 1.54) is 5.39 Å². The molecule has 10 aromatic rings.